The monoisotopic (exact) mass is 254 g/mol. The molecule has 0 radical (unpaired) electrons. The Labute approximate surface area is 109 Å². The van der Waals surface area contributed by atoms with Gasteiger partial charge in [-0.1, -0.05) is 24.3 Å². The molecule has 18 heavy (non-hydrogen) atoms. The lowest BCUT2D eigenvalue weighted by Gasteiger charge is -2.16. The standard InChI is InChI=1S/C14H22O4/c1-5-6-7-8-11-12(9-10-13(15)16-4)18-14(2,3)17-11/h5-8,11-12H,9-10H2,1-4H3/b6-5+,8-7-/t11-,12-/m0/s1. The van der Waals surface area contributed by atoms with E-state index < -0.39 is 5.79 Å². The predicted octanol–water partition coefficient (Wildman–Crippen LogP) is 2.59. The van der Waals surface area contributed by atoms with Crippen LogP contribution >= 0.6 is 0 Å². The molecular weight excluding hydrogens is 232 g/mol. The largest absolute Gasteiger partial charge is 0.469 e. The number of hydrogen-bond acceptors (Lipinski definition) is 4. The summed E-state index contributed by atoms with van der Waals surface area (Å²) in [4.78, 5) is 11.1. The number of carbonyl (C=O) groups is 1. The number of esters is 1. The van der Waals surface area contributed by atoms with Crippen molar-refractivity contribution in [2.75, 3.05) is 7.11 Å². The van der Waals surface area contributed by atoms with Crippen LogP contribution in [0.4, 0.5) is 0 Å². The van der Waals surface area contributed by atoms with Crippen molar-refractivity contribution in [2.24, 2.45) is 0 Å². The van der Waals surface area contributed by atoms with Gasteiger partial charge in [-0.2, -0.15) is 0 Å². The van der Waals surface area contributed by atoms with E-state index in [-0.39, 0.29) is 18.2 Å². The fraction of sp³-hybridized carbons (Fsp3) is 0.643. The van der Waals surface area contributed by atoms with Crippen LogP contribution in [0.1, 0.15) is 33.6 Å². The Bertz CT molecular complexity index is 331. The highest BCUT2D eigenvalue weighted by molar-refractivity contribution is 5.69. The second-order valence-corrected chi connectivity index (χ2v) is 4.66. The molecule has 0 aromatic rings. The molecule has 0 N–H and O–H groups in total. The second kappa shape index (κ2) is 6.71. The fourth-order valence-corrected chi connectivity index (χ4v) is 1.90. The van der Waals surface area contributed by atoms with E-state index in [0.717, 1.165) is 0 Å². The van der Waals surface area contributed by atoms with E-state index in [4.69, 9.17) is 9.47 Å². The molecular formula is C14H22O4. The van der Waals surface area contributed by atoms with Crippen molar-refractivity contribution in [1.29, 1.82) is 0 Å². The van der Waals surface area contributed by atoms with Gasteiger partial charge in [0, 0.05) is 6.42 Å². The molecule has 1 aliphatic rings. The predicted molar refractivity (Wildman–Crippen MR) is 69.0 cm³/mol. The summed E-state index contributed by atoms with van der Waals surface area (Å²) >= 11 is 0. The number of methoxy groups -OCH3 is 1. The van der Waals surface area contributed by atoms with Crippen LogP contribution in [-0.2, 0) is 19.0 Å². The molecule has 0 aromatic heterocycles. The van der Waals surface area contributed by atoms with E-state index in [9.17, 15) is 4.79 Å². The third kappa shape index (κ3) is 4.63. The van der Waals surface area contributed by atoms with Crippen LogP contribution in [0.2, 0.25) is 0 Å². The highest BCUT2D eigenvalue weighted by atomic mass is 16.7. The van der Waals surface area contributed by atoms with Gasteiger partial charge in [-0.15, -0.1) is 0 Å². The summed E-state index contributed by atoms with van der Waals surface area (Å²) in [5.74, 6) is -0.828. The molecule has 1 saturated heterocycles. The molecule has 1 fully saturated rings. The molecule has 1 rings (SSSR count). The van der Waals surface area contributed by atoms with Gasteiger partial charge in [0.05, 0.1) is 13.2 Å². The van der Waals surface area contributed by atoms with Crippen LogP contribution in [0.3, 0.4) is 0 Å². The summed E-state index contributed by atoms with van der Waals surface area (Å²) in [7, 11) is 1.39. The number of rotatable bonds is 5. The first-order valence-electron chi connectivity index (χ1n) is 6.20. The number of carbonyl (C=O) groups excluding carboxylic acids is 1. The topological polar surface area (TPSA) is 44.8 Å². The second-order valence-electron chi connectivity index (χ2n) is 4.66. The van der Waals surface area contributed by atoms with Crippen molar-refractivity contribution < 1.29 is 19.0 Å². The Morgan fingerprint density at radius 1 is 1.33 bits per heavy atom. The normalized spacial score (nSPS) is 27.1. The van der Waals surface area contributed by atoms with E-state index in [0.29, 0.717) is 12.8 Å². The zero-order valence-electron chi connectivity index (χ0n) is 11.5. The van der Waals surface area contributed by atoms with Gasteiger partial charge in [0.1, 0.15) is 6.10 Å². The maximum Gasteiger partial charge on any atom is 0.305 e. The van der Waals surface area contributed by atoms with Crippen molar-refractivity contribution in [1.82, 2.24) is 0 Å². The van der Waals surface area contributed by atoms with Gasteiger partial charge in [0.25, 0.3) is 0 Å². The minimum Gasteiger partial charge on any atom is -0.469 e. The van der Waals surface area contributed by atoms with Gasteiger partial charge in [0.2, 0.25) is 0 Å². The number of allylic oxidation sites excluding steroid dienone is 3. The van der Waals surface area contributed by atoms with Crippen LogP contribution in [0, 0.1) is 0 Å². The molecule has 2 atom stereocenters. The highest BCUT2D eigenvalue weighted by Crippen LogP contribution is 2.31. The van der Waals surface area contributed by atoms with Crippen LogP contribution < -0.4 is 0 Å². The Balaban J connectivity index is 2.58. The third-order valence-corrected chi connectivity index (χ3v) is 2.69. The Kier molecular flexibility index (Phi) is 5.56. The molecule has 4 nitrogen and oxygen atoms in total. The van der Waals surface area contributed by atoms with Crippen LogP contribution in [-0.4, -0.2) is 31.1 Å². The van der Waals surface area contributed by atoms with Crippen molar-refractivity contribution >= 4 is 5.97 Å². The van der Waals surface area contributed by atoms with Gasteiger partial charge in [0.15, 0.2) is 5.79 Å². The van der Waals surface area contributed by atoms with Crippen LogP contribution in [0.25, 0.3) is 0 Å². The molecule has 1 aliphatic heterocycles. The summed E-state index contributed by atoms with van der Waals surface area (Å²) in [5, 5.41) is 0. The van der Waals surface area contributed by atoms with Crippen LogP contribution in [0.15, 0.2) is 24.3 Å². The van der Waals surface area contributed by atoms with E-state index in [1.165, 1.54) is 7.11 Å². The quantitative estimate of drug-likeness (QED) is 0.559. The lowest BCUT2D eigenvalue weighted by molar-refractivity contribution is -0.148. The summed E-state index contributed by atoms with van der Waals surface area (Å²) in [5.41, 5.74) is 0. The maximum absolute atomic E-state index is 11.1. The van der Waals surface area contributed by atoms with E-state index in [1.807, 2.05) is 45.1 Å². The summed E-state index contributed by atoms with van der Waals surface area (Å²) in [6, 6.07) is 0. The average Bonchev–Trinajstić information content (AvgIpc) is 2.61. The Morgan fingerprint density at radius 3 is 2.67 bits per heavy atom. The first-order chi connectivity index (χ1) is 8.48. The fourth-order valence-electron chi connectivity index (χ4n) is 1.90. The van der Waals surface area contributed by atoms with Gasteiger partial charge < -0.3 is 14.2 Å². The molecule has 0 aliphatic carbocycles. The average molecular weight is 254 g/mol. The molecule has 1 heterocycles. The number of hydrogen-bond donors (Lipinski definition) is 0. The molecule has 4 heteroatoms. The molecule has 0 aromatic carbocycles. The van der Waals surface area contributed by atoms with Crippen molar-refractivity contribution in [3.05, 3.63) is 24.3 Å². The van der Waals surface area contributed by atoms with E-state index in [2.05, 4.69) is 4.74 Å². The van der Waals surface area contributed by atoms with E-state index in [1.54, 1.807) is 0 Å². The van der Waals surface area contributed by atoms with Gasteiger partial charge in [-0.05, 0) is 27.2 Å². The maximum atomic E-state index is 11.1. The lowest BCUT2D eigenvalue weighted by atomic mass is 10.1. The minimum atomic E-state index is -0.605. The smallest absolute Gasteiger partial charge is 0.305 e. The zero-order chi connectivity index (χ0) is 13.6. The van der Waals surface area contributed by atoms with Crippen molar-refractivity contribution in [3.8, 4) is 0 Å². The molecule has 0 saturated carbocycles. The molecule has 0 bridgehead atoms. The molecule has 0 spiro atoms. The molecule has 0 unspecified atom stereocenters. The summed E-state index contributed by atoms with van der Waals surface area (Å²) < 4.78 is 16.2. The Hall–Kier alpha value is -1.13. The first-order valence-corrected chi connectivity index (χ1v) is 6.20. The highest BCUT2D eigenvalue weighted by Gasteiger charge is 2.39. The SMILES string of the molecule is C/C=C/C=C\[C@@H]1OC(C)(C)O[C@H]1CCC(=O)OC. The van der Waals surface area contributed by atoms with Gasteiger partial charge in [-0.25, -0.2) is 0 Å². The van der Waals surface area contributed by atoms with Gasteiger partial charge in [-0.3, -0.25) is 4.79 Å². The van der Waals surface area contributed by atoms with Crippen molar-refractivity contribution in [3.63, 3.8) is 0 Å². The molecule has 102 valence electrons. The summed E-state index contributed by atoms with van der Waals surface area (Å²) in [6.45, 7) is 5.71. The van der Waals surface area contributed by atoms with Crippen LogP contribution in [0.5, 0.6) is 0 Å². The minimum absolute atomic E-state index is 0.111. The lowest BCUT2D eigenvalue weighted by Crippen LogP contribution is -2.22. The third-order valence-electron chi connectivity index (χ3n) is 2.69. The van der Waals surface area contributed by atoms with Crippen molar-refractivity contribution in [2.45, 2.75) is 51.6 Å². The Morgan fingerprint density at radius 2 is 2.06 bits per heavy atom. The zero-order valence-corrected chi connectivity index (χ0v) is 11.5. The van der Waals surface area contributed by atoms with E-state index >= 15 is 0 Å². The first kappa shape index (κ1) is 14.9. The molecule has 0 amide bonds. The van der Waals surface area contributed by atoms with Gasteiger partial charge >= 0.3 is 5.97 Å². The summed E-state index contributed by atoms with van der Waals surface area (Å²) in [6.07, 6.45) is 8.47. The number of ether oxygens (including phenoxy) is 3.